The van der Waals surface area contributed by atoms with Crippen molar-refractivity contribution in [2.75, 3.05) is 16.4 Å². The van der Waals surface area contributed by atoms with Gasteiger partial charge in [0.1, 0.15) is 12.1 Å². The van der Waals surface area contributed by atoms with Gasteiger partial charge in [0.05, 0.1) is 21.3 Å². The van der Waals surface area contributed by atoms with E-state index < -0.39 is 23.6 Å². The second-order valence-electron chi connectivity index (χ2n) is 7.10. The lowest BCUT2D eigenvalue weighted by molar-refractivity contribution is -0.137. The van der Waals surface area contributed by atoms with Gasteiger partial charge in [0.2, 0.25) is 0 Å². The minimum Gasteiger partial charge on any atom is -0.382 e. The van der Waals surface area contributed by atoms with Crippen LogP contribution in [0.15, 0.2) is 54.2 Å². The quantitative estimate of drug-likeness (QED) is 0.383. The highest BCUT2D eigenvalue weighted by atomic mass is 32.1. The van der Waals surface area contributed by atoms with Gasteiger partial charge < -0.3 is 16.4 Å². The van der Waals surface area contributed by atoms with Gasteiger partial charge in [0.25, 0.3) is 11.8 Å². The van der Waals surface area contributed by atoms with Gasteiger partial charge in [-0.15, -0.1) is 11.3 Å². The zero-order valence-electron chi connectivity index (χ0n) is 17.0. The molecule has 2 aromatic carbocycles. The molecule has 0 bridgehead atoms. The summed E-state index contributed by atoms with van der Waals surface area (Å²) in [6.45, 7) is 1.75. The molecule has 4 aromatic rings. The largest absolute Gasteiger partial charge is 0.416 e. The number of rotatable bonds is 4. The van der Waals surface area contributed by atoms with Crippen molar-refractivity contribution >= 4 is 50.6 Å². The summed E-state index contributed by atoms with van der Waals surface area (Å²) in [6, 6.07) is 8.93. The van der Waals surface area contributed by atoms with Crippen molar-refractivity contribution in [2.24, 2.45) is 0 Å². The van der Waals surface area contributed by atoms with Crippen LogP contribution in [0.3, 0.4) is 0 Å². The molecule has 2 amide bonds. The molecule has 168 valence electrons. The van der Waals surface area contributed by atoms with E-state index in [0.29, 0.717) is 27.0 Å². The third kappa shape index (κ3) is 4.62. The van der Waals surface area contributed by atoms with E-state index in [1.54, 1.807) is 18.4 Å². The highest BCUT2D eigenvalue weighted by molar-refractivity contribution is 7.18. The molecule has 0 unspecified atom stereocenters. The van der Waals surface area contributed by atoms with Crippen molar-refractivity contribution in [3.8, 4) is 0 Å². The first-order valence-corrected chi connectivity index (χ1v) is 10.4. The van der Waals surface area contributed by atoms with Crippen LogP contribution in [-0.4, -0.2) is 21.8 Å². The van der Waals surface area contributed by atoms with E-state index in [1.165, 1.54) is 41.9 Å². The number of anilines is 3. The molecule has 2 heterocycles. The van der Waals surface area contributed by atoms with Crippen molar-refractivity contribution in [2.45, 2.75) is 13.1 Å². The van der Waals surface area contributed by atoms with E-state index in [4.69, 9.17) is 5.73 Å². The van der Waals surface area contributed by atoms with Crippen LogP contribution in [0, 0.1) is 6.92 Å². The first-order chi connectivity index (χ1) is 15.6. The molecule has 0 radical (unpaired) electrons. The Hall–Kier alpha value is -3.99. The molecule has 0 atom stereocenters. The fourth-order valence-corrected chi connectivity index (χ4v) is 4.00. The van der Waals surface area contributed by atoms with E-state index in [2.05, 4.69) is 20.6 Å². The van der Waals surface area contributed by atoms with Gasteiger partial charge >= 0.3 is 6.18 Å². The number of fused-ring (bicyclic) bond motifs is 1. The molecular formula is C22H16F3N5O2S. The zero-order valence-corrected chi connectivity index (χ0v) is 17.8. The van der Waals surface area contributed by atoms with Crippen LogP contribution in [0.2, 0.25) is 0 Å². The average Bonchev–Trinajstić information content (AvgIpc) is 3.20. The molecule has 0 aliphatic rings. The normalized spacial score (nSPS) is 11.4. The van der Waals surface area contributed by atoms with Crippen molar-refractivity contribution in [3.63, 3.8) is 0 Å². The molecule has 4 rings (SSSR count). The molecule has 0 spiro atoms. The average molecular weight is 471 g/mol. The number of nitrogens with two attached hydrogens (primary N) is 1. The summed E-state index contributed by atoms with van der Waals surface area (Å²) in [5.74, 6) is -0.794. The number of benzene rings is 2. The highest BCUT2D eigenvalue weighted by Gasteiger charge is 2.30. The van der Waals surface area contributed by atoms with Gasteiger partial charge in [-0.05, 0) is 42.8 Å². The summed E-state index contributed by atoms with van der Waals surface area (Å²) < 4.78 is 39.3. The van der Waals surface area contributed by atoms with Gasteiger partial charge in [0, 0.05) is 22.3 Å². The Morgan fingerprint density at radius 2 is 1.82 bits per heavy atom. The third-order valence-electron chi connectivity index (χ3n) is 4.82. The second kappa shape index (κ2) is 8.51. The van der Waals surface area contributed by atoms with Crippen molar-refractivity contribution < 1.29 is 22.8 Å². The minimum atomic E-state index is -4.52. The Morgan fingerprint density at radius 1 is 1.03 bits per heavy atom. The van der Waals surface area contributed by atoms with Crippen molar-refractivity contribution in [1.29, 1.82) is 0 Å². The maximum atomic E-state index is 12.9. The number of nitrogens with zero attached hydrogens (tertiary/aromatic N) is 2. The molecule has 0 saturated heterocycles. The zero-order chi connectivity index (χ0) is 23.8. The summed E-state index contributed by atoms with van der Waals surface area (Å²) in [4.78, 5) is 33.5. The number of aromatic nitrogens is 2. The molecule has 0 aliphatic carbocycles. The number of carbonyl (C=O) groups excluding carboxylic acids is 2. The Kier molecular flexibility index (Phi) is 5.73. The van der Waals surface area contributed by atoms with E-state index in [1.807, 2.05) is 0 Å². The Balaban J connectivity index is 1.56. The smallest absolute Gasteiger partial charge is 0.382 e. The number of aryl methyl sites for hydroxylation is 1. The summed E-state index contributed by atoms with van der Waals surface area (Å²) >= 11 is 1.24. The molecule has 7 nitrogen and oxygen atoms in total. The van der Waals surface area contributed by atoms with Crippen LogP contribution in [0.25, 0.3) is 10.2 Å². The van der Waals surface area contributed by atoms with Gasteiger partial charge in [-0.3, -0.25) is 9.59 Å². The summed E-state index contributed by atoms with van der Waals surface area (Å²) in [5.41, 5.74) is 6.90. The van der Waals surface area contributed by atoms with E-state index >= 15 is 0 Å². The van der Waals surface area contributed by atoms with Gasteiger partial charge in [0.15, 0.2) is 0 Å². The molecule has 33 heavy (non-hydrogen) atoms. The van der Waals surface area contributed by atoms with Crippen LogP contribution in [-0.2, 0) is 6.18 Å². The lowest BCUT2D eigenvalue weighted by atomic mass is 10.1. The number of hydrogen-bond donors (Lipinski definition) is 3. The van der Waals surface area contributed by atoms with E-state index in [-0.39, 0.29) is 17.1 Å². The van der Waals surface area contributed by atoms with Gasteiger partial charge in [-0.2, -0.15) is 13.2 Å². The molecule has 0 saturated carbocycles. The van der Waals surface area contributed by atoms with Crippen LogP contribution < -0.4 is 16.4 Å². The number of thiophene rings is 1. The first kappa shape index (κ1) is 22.2. The predicted octanol–water partition coefficient (Wildman–Crippen LogP) is 5.11. The van der Waals surface area contributed by atoms with E-state index in [9.17, 15) is 22.8 Å². The lowest BCUT2D eigenvalue weighted by Crippen LogP contribution is -2.16. The molecule has 2 aromatic heterocycles. The van der Waals surface area contributed by atoms with Gasteiger partial charge in [-0.1, -0.05) is 12.1 Å². The lowest BCUT2D eigenvalue weighted by Gasteiger charge is -2.12. The number of amides is 2. The van der Waals surface area contributed by atoms with Crippen molar-refractivity contribution in [3.05, 3.63) is 76.4 Å². The standard InChI is InChI=1S/C22H16F3N5O2S/c1-11-5-6-12(20(31)29-14-4-2-3-13(8-14)22(23,24)25)7-16(11)30-21(32)15-9-33-18-17(15)27-10-28-19(18)26/h2-10H,1H3,(H,29,31)(H,30,32)(H2,26,27,28). The van der Waals surface area contributed by atoms with Crippen LogP contribution in [0.1, 0.15) is 31.8 Å². The maximum absolute atomic E-state index is 12.9. The Bertz CT molecular complexity index is 1380. The number of nitrogens with one attached hydrogen (secondary N) is 2. The molecule has 0 fully saturated rings. The Morgan fingerprint density at radius 3 is 2.58 bits per heavy atom. The first-order valence-electron chi connectivity index (χ1n) is 9.52. The third-order valence-corrected chi connectivity index (χ3v) is 5.81. The number of alkyl halides is 3. The molecule has 11 heteroatoms. The highest BCUT2D eigenvalue weighted by Crippen LogP contribution is 2.31. The second-order valence-corrected chi connectivity index (χ2v) is 7.98. The minimum absolute atomic E-state index is 0.00278. The summed E-state index contributed by atoms with van der Waals surface area (Å²) in [5, 5.41) is 6.81. The van der Waals surface area contributed by atoms with Crippen LogP contribution >= 0.6 is 11.3 Å². The number of halogens is 3. The predicted molar refractivity (Wildman–Crippen MR) is 120 cm³/mol. The Labute approximate surface area is 189 Å². The van der Waals surface area contributed by atoms with Gasteiger partial charge in [-0.25, -0.2) is 9.97 Å². The summed E-state index contributed by atoms with van der Waals surface area (Å²) in [7, 11) is 0. The molecular weight excluding hydrogens is 455 g/mol. The van der Waals surface area contributed by atoms with Crippen molar-refractivity contribution in [1.82, 2.24) is 9.97 Å². The molecule has 4 N–H and O–H groups in total. The summed E-state index contributed by atoms with van der Waals surface area (Å²) in [6.07, 6.45) is -3.26. The number of nitrogen functional groups attached to an aromatic ring is 1. The van der Waals surface area contributed by atoms with E-state index in [0.717, 1.165) is 12.1 Å². The van der Waals surface area contributed by atoms with Crippen LogP contribution in [0.4, 0.5) is 30.4 Å². The number of hydrogen-bond acceptors (Lipinski definition) is 6. The SMILES string of the molecule is Cc1ccc(C(=O)Nc2cccc(C(F)(F)F)c2)cc1NC(=O)c1csc2c(N)ncnc12. The number of carbonyl (C=O) groups is 2. The fraction of sp³-hybridized carbons (Fsp3) is 0.0909. The van der Waals surface area contributed by atoms with Crippen LogP contribution in [0.5, 0.6) is 0 Å². The maximum Gasteiger partial charge on any atom is 0.416 e. The monoisotopic (exact) mass is 471 g/mol. The molecule has 0 aliphatic heterocycles. The topological polar surface area (TPSA) is 110 Å². The fourth-order valence-electron chi connectivity index (χ4n) is 3.09.